The van der Waals surface area contributed by atoms with Crippen molar-refractivity contribution in [3.05, 3.63) is 58.1 Å². The lowest BCUT2D eigenvalue weighted by atomic mass is 10.2. The summed E-state index contributed by atoms with van der Waals surface area (Å²) in [5.74, 6) is -2.77. The van der Waals surface area contributed by atoms with Crippen molar-refractivity contribution in [1.29, 1.82) is 0 Å². The van der Waals surface area contributed by atoms with Gasteiger partial charge in [-0.1, -0.05) is 29.3 Å². The molecule has 0 spiro atoms. The fourth-order valence-electron chi connectivity index (χ4n) is 2.18. The second-order valence-electron chi connectivity index (χ2n) is 5.17. The Hall–Kier alpha value is -2.18. The molecular formula is C17H14Cl2F2N2O2. The average Bonchev–Trinajstić information content (AvgIpc) is 2.53. The van der Waals surface area contributed by atoms with Crippen molar-refractivity contribution in [2.75, 3.05) is 16.8 Å². The molecule has 0 bridgehead atoms. The molecule has 0 fully saturated rings. The minimum atomic E-state index is -0.875. The number of nitrogens with zero attached hydrogens (tertiary/aromatic N) is 1. The summed E-state index contributed by atoms with van der Waals surface area (Å²) in [6, 6.07) is 7.85. The van der Waals surface area contributed by atoms with Crippen LogP contribution in [0.5, 0.6) is 0 Å². The predicted octanol–water partition coefficient (Wildman–Crippen LogP) is 4.65. The summed E-state index contributed by atoms with van der Waals surface area (Å²) in [5.41, 5.74) is -0.0526. The third-order valence-corrected chi connectivity index (χ3v) is 4.09. The van der Waals surface area contributed by atoms with Crippen molar-refractivity contribution in [1.82, 2.24) is 0 Å². The van der Waals surface area contributed by atoms with Gasteiger partial charge in [0.1, 0.15) is 17.3 Å². The molecule has 0 aliphatic carbocycles. The summed E-state index contributed by atoms with van der Waals surface area (Å²) in [7, 11) is 0. The van der Waals surface area contributed by atoms with Crippen LogP contribution in [0, 0.1) is 11.6 Å². The molecule has 0 heterocycles. The van der Waals surface area contributed by atoms with E-state index in [1.165, 1.54) is 25.1 Å². The van der Waals surface area contributed by atoms with Gasteiger partial charge < -0.3 is 10.2 Å². The number of benzene rings is 2. The van der Waals surface area contributed by atoms with Gasteiger partial charge in [-0.3, -0.25) is 9.59 Å². The fourth-order valence-corrected chi connectivity index (χ4v) is 2.48. The highest BCUT2D eigenvalue weighted by molar-refractivity contribution is 6.42. The van der Waals surface area contributed by atoms with Crippen LogP contribution in [0.4, 0.5) is 20.2 Å². The smallest absolute Gasteiger partial charge is 0.226 e. The summed E-state index contributed by atoms with van der Waals surface area (Å²) in [6.07, 6.45) is -0.159. The summed E-state index contributed by atoms with van der Waals surface area (Å²) in [6.45, 7) is 0.989. The highest BCUT2D eigenvalue weighted by atomic mass is 35.5. The molecule has 0 atom stereocenters. The maximum atomic E-state index is 13.9. The van der Waals surface area contributed by atoms with E-state index in [-0.39, 0.29) is 18.0 Å². The molecule has 8 heteroatoms. The van der Waals surface area contributed by atoms with Gasteiger partial charge in [-0.15, -0.1) is 0 Å². The van der Waals surface area contributed by atoms with Crippen LogP contribution < -0.4 is 10.2 Å². The van der Waals surface area contributed by atoms with Gasteiger partial charge in [0.25, 0.3) is 0 Å². The normalized spacial score (nSPS) is 10.4. The Kier molecular flexibility index (Phi) is 6.33. The summed E-state index contributed by atoms with van der Waals surface area (Å²) in [5, 5.41) is 3.20. The van der Waals surface area contributed by atoms with E-state index in [1.807, 2.05) is 0 Å². The highest BCUT2D eigenvalue weighted by Gasteiger charge is 2.21. The Balaban J connectivity index is 2.07. The van der Waals surface area contributed by atoms with E-state index in [9.17, 15) is 18.4 Å². The number of hydrogen-bond donors (Lipinski definition) is 1. The van der Waals surface area contributed by atoms with Crippen LogP contribution in [-0.4, -0.2) is 18.4 Å². The molecular weight excluding hydrogens is 373 g/mol. The van der Waals surface area contributed by atoms with Crippen LogP contribution in [0.3, 0.4) is 0 Å². The van der Waals surface area contributed by atoms with Crippen molar-refractivity contribution in [2.24, 2.45) is 0 Å². The van der Waals surface area contributed by atoms with Gasteiger partial charge in [-0.2, -0.15) is 0 Å². The topological polar surface area (TPSA) is 49.4 Å². The summed E-state index contributed by atoms with van der Waals surface area (Å²) < 4.78 is 27.7. The number of rotatable bonds is 5. The number of carbonyl (C=O) groups is 2. The predicted molar refractivity (Wildman–Crippen MR) is 94.1 cm³/mol. The minimum absolute atomic E-state index is 0.159. The van der Waals surface area contributed by atoms with Crippen LogP contribution in [-0.2, 0) is 9.59 Å². The SMILES string of the molecule is CC(=O)N(CCC(=O)Nc1ccc(Cl)c(Cl)c1)c1c(F)cccc1F. The van der Waals surface area contributed by atoms with Gasteiger partial charge in [-0.05, 0) is 30.3 Å². The van der Waals surface area contributed by atoms with Crippen LogP contribution >= 0.6 is 23.2 Å². The van der Waals surface area contributed by atoms with Gasteiger partial charge in [0.15, 0.2) is 0 Å². The van der Waals surface area contributed by atoms with Crippen molar-refractivity contribution < 1.29 is 18.4 Å². The van der Waals surface area contributed by atoms with E-state index in [2.05, 4.69) is 5.32 Å². The zero-order valence-corrected chi connectivity index (χ0v) is 14.7. The second kappa shape index (κ2) is 8.27. The average molecular weight is 387 g/mol. The lowest BCUT2D eigenvalue weighted by Gasteiger charge is -2.22. The first-order valence-electron chi connectivity index (χ1n) is 7.26. The largest absolute Gasteiger partial charge is 0.326 e. The van der Waals surface area contributed by atoms with Crippen molar-refractivity contribution in [3.8, 4) is 0 Å². The number of halogens is 4. The van der Waals surface area contributed by atoms with E-state index in [4.69, 9.17) is 23.2 Å². The van der Waals surface area contributed by atoms with E-state index in [1.54, 1.807) is 6.07 Å². The van der Waals surface area contributed by atoms with E-state index in [0.29, 0.717) is 10.7 Å². The van der Waals surface area contributed by atoms with Gasteiger partial charge in [0, 0.05) is 25.6 Å². The number of amides is 2. The van der Waals surface area contributed by atoms with Gasteiger partial charge in [0.05, 0.1) is 10.0 Å². The van der Waals surface area contributed by atoms with Crippen LogP contribution in [0.2, 0.25) is 10.0 Å². The number of para-hydroxylation sites is 1. The summed E-state index contributed by atoms with van der Waals surface area (Å²) in [4.78, 5) is 24.6. The van der Waals surface area contributed by atoms with E-state index in [0.717, 1.165) is 17.0 Å². The third-order valence-electron chi connectivity index (χ3n) is 3.35. The molecule has 0 aromatic heterocycles. The number of nitrogens with one attached hydrogen (secondary N) is 1. The molecule has 0 aliphatic heterocycles. The molecule has 4 nitrogen and oxygen atoms in total. The summed E-state index contributed by atoms with van der Waals surface area (Å²) >= 11 is 11.7. The maximum Gasteiger partial charge on any atom is 0.226 e. The second-order valence-corrected chi connectivity index (χ2v) is 5.98. The molecule has 1 N–H and O–H groups in total. The van der Waals surface area contributed by atoms with Crippen molar-refractivity contribution >= 4 is 46.4 Å². The number of anilines is 2. The van der Waals surface area contributed by atoms with Crippen LogP contribution in [0.1, 0.15) is 13.3 Å². The lowest BCUT2D eigenvalue weighted by molar-refractivity contribution is -0.117. The first kappa shape index (κ1) is 19.1. The quantitative estimate of drug-likeness (QED) is 0.812. The first-order chi connectivity index (χ1) is 11.8. The zero-order valence-electron chi connectivity index (χ0n) is 13.2. The molecule has 0 aliphatic rings. The van der Waals surface area contributed by atoms with Gasteiger partial charge >= 0.3 is 0 Å². The molecule has 2 aromatic rings. The first-order valence-corrected chi connectivity index (χ1v) is 8.02. The molecule has 2 aromatic carbocycles. The molecule has 2 amide bonds. The molecule has 0 saturated carbocycles. The van der Waals surface area contributed by atoms with E-state index < -0.39 is 29.1 Å². The minimum Gasteiger partial charge on any atom is -0.326 e. The molecule has 132 valence electrons. The maximum absolute atomic E-state index is 13.9. The van der Waals surface area contributed by atoms with Crippen LogP contribution in [0.25, 0.3) is 0 Å². The van der Waals surface area contributed by atoms with Crippen molar-refractivity contribution in [3.63, 3.8) is 0 Å². The Morgan fingerprint density at radius 1 is 1.08 bits per heavy atom. The number of carbonyl (C=O) groups excluding carboxylic acids is 2. The van der Waals surface area contributed by atoms with Crippen LogP contribution in [0.15, 0.2) is 36.4 Å². The third kappa shape index (κ3) is 4.90. The fraction of sp³-hybridized carbons (Fsp3) is 0.176. The standard InChI is InChI=1S/C17H14Cl2F2N2O2/c1-10(24)23(17-14(20)3-2-4-15(17)21)8-7-16(25)22-11-5-6-12(18)13(19)9-11/h2-6,9H,7-8H2,1H3,(H,22,25). The Morgan fingerprint density at radius 2 is 1.72 bits per heavy atom. The molecule has 0 unspecified atom stereocenters. The van der Waals surface area contributed by atoms with Gasteiger partial charge in [0.2, 0.25) is 11.8 Å². The zero-order chi connectivity index (χ0) is 18.6. The highest BCUT2D eigenvalue weighted by Crippen LogP contribution is 2.26. The number of hydrogen-bond acceptors (Lipinski definition) is 2. The lowest BCUT2D eigenvalue weighted by Crippen LogP contribution is -2.33. The monoisotopic (exact) mass is 386 g/mol. The molecule has 0 saturated heterocycles. The molecule has 2 rings (SSSR count). The molecule has 0 radical (unpaired) electrons. The molecule has 25 heavy (non-hydrogen) atoms. The Morgan fingerprint density at radius 3 is 2.28 bits per heavy atom. The van der Waals surface area contributed by atoms with E-state index >= 15 is 0 Å². The van der Waals surface area contributed by atoms with Crippen molar-refractivity contribution in [2.45, 2.75) is 13.3 Å². The Bertz CT molecular complexity index is 795. The Labute approximate surface area is 153 Å². The van der Waals surface area contributed by atoms with Gasteiger partial charge in [-0.25, -0.2) is 8.78 Å².